The minimum atomic E-state index is -0.495. The number of para-hydroxylation sites is 2. The Balaban J connectivity index is 1.09. The van der Waals surface area contributed by atoms with Crippen LogP contribution in [-0.4, -0.2) is 14.5 Å². The molecule has 56 heavy (non-hydrogen) atoms. The van der Waals surface area contributed by atoms with E-state index in [1.54, 1.807) is 0 Å². The summed E-state index contributed by atoms with van der Waals surface area (Å²) in [6.07, 6.45) is 0. The highest BCUT2D eigenvalue weighted by Crippen LogP contribution is 2.56. The molecule has 1 aliphatic carbocycles. The molecule has 0 fully saturated rings. The van der Waals surface area contributed by atoms with E-state index in [2.05, 4.69) is 211 Å². The molecule has 8 aromatic carbocycles. The van der Waals surface area contributed by atoms with Gasteiger partial charge in [-0.2, -0.15) is 0 Å². The molecule has 262 valence electrons. The van der Waals surface area contributed by atoms with Crippen molar-refractivity contribution >= 4 is 21.8 Å². The molecule has 0 saturated heterocycles. The Kier molecular flexibility index (Phi) is 7.39. The van der Waals surface area contributed by atoms with E-state index in [0.29, 0.717) is 5.82 Å². The van der Waals surface area contributed by atoms with Gasteiger partial charge in [-0.3, -0.25) is 0 Å². The first kappa shape index (κ1) is 32.1. The van der Waals surface area contributed by atoms with Gasteiger partial charge >= 0.3 is 0 Å². The summed E-state index contributed by atoms with van der Waals surface area (Å²) < 4.78 is 2.34. The molecule has 3 nitrogen and oxygen atoms in total. The van der Waals surface area contributed by atoms with E-state index in [0.717, 1.165) is 33.8 Å². The molecule has 11 rings (SSSR count). The molecule has 0 bridgehead atoms. The number of aromatic nitrogens is 3. The lowest BCUT2D eigenvalue weighted by atomic mass is 9.67. The summed E-state index contributed by atoms with van der Waals surface area (Å²) in [6, 6.07) is 76.2. The molecule has 0 spiro atoms. The summed E-state index contributed by atoms with van der Waals surface area (Å²) in [5, 5.41) is 2.49. The monoisotopic (exact) mass is 713 g/mol. The fourth-order valence-corrected chi connectivity index (χ4v) is 9.05. The molecular weight excluding hydrogens is 679 g/mol. The van der Waals surface area contributed by atoms with Crippen molar-refractivity contribution in [1.82, 2.24) is 14.5 Å². The Morgan fingerprint density at radius 2 is 0.857 bits per heavy atom. The first-order chi connectivity index (χ1) is 27.8. The Labute approximate surface area is 325 Å². The number of nitrogens with zero attached hydrogens (tertiary/aromatic N) is 3. The molecule has 0 atom stereocenters. The van der Waals surface area contributed by atoms with E-state index < -0.39 is 5.41 Å². The normalized spacial score (nSPS) is 12.8. The van der Waals surface area contributed by atoms with Gasteiger partial charge in [0.05, 0.1) is 27.8 Å². The molecule has 0 N–H and O–H groups in total. The van der Waals surface area contributed by atoms with Crippen LogP contribution in [0, 0.1) is 0 Å². The first-order valence-electron chi connectivity index (χ1n) is 19.2. The SMILES string of the molecule is c1ccc(-c2cc(-c3ccc4c(c3)C(c3ccccc3)(c3ccccc3)c3ccccc3-4)nc(-c3ccc(-n4c5ccccc5c5ccccc54)cc3)n2)cc1. The first-order valence-corrected chi connectivity index (χ1v) is 19.2. The van der Waals surface area contributed by atoms with Crippen LogP contribution in [-0.2, 0) is 5.41 Å². The van der Waals surface area contributed by atoms with E-state index in [1.165, 1.54) is 55.2 Å². The zero-order chi connectivity index (χ0) is 37.1. The largest absolute Gasteiger partial charge is 0.309 e. The van der Waals surface area contributed by atoms with Crippen LogP contribution in [0.3, 0.4) is 0 Å². The van der Waals surface area contributed by atoms with Crippen molar-refractivity contribution in [3.05, 3.63) is 235 Å². The molecule has 0 saturated carbocycles. The minimum Gasteiger partial charge on any atom is -0.309 e. The number of rotatable bonds is 6. The third-order valence-corrected chi connectivity index (χ3v) is 11.5. The van der Waals surface area contributed by atoms with E-state index in [-0.39, 0.29) is 0 Å². The Bertz CT molecular complexity index is 2960. The standard InChI is InChI=1S/C53H35N3/c1-4-16-36(17-5-1)48-35-49(55-52(54-48)37-28-31-41(32-29-37)56-50-26-14-11-23-44(50)45-24-12-15-27-51(45)56)38-30-33-43-42-22-10-13-25-46(42)53(47(43)34-38,39-18-6-2-7-19-39)40-20-8-3-9-21-40/h1-35H. The van der Waals surface area contributed by atoms with Crippen molar-refractivity contribution in [2.45, 2.75) is 5.41 Å². The Morgan fingerprint density at radius 1 is 0.357 bits per heavy atom. The van der Waals surface area contributed by atoms with Gasteiger partial charge in [0, 0.05) is 33.2 Å². The van der Waals surface area contributed by atoms with Crippen LogP contribution in [0.5, 0.6) is 0 Å². The molecule has 0 radical (unpaired) electrons. The van der Waals surface area contributed by atoms with Crippen molar-refractivity contribution in [2.24, 2.45) is 0 Å². The third kappa shape index (κ3) is 4.91. The van der Waals surface area contributed by atoms with Crippen molar-refractivity contribution in [3.63, 3.8) is 0 Å². The predicted molar refractivity (Wildman–Crippen MR) is 230 cm³/mol. The second kappa shape index (κ2) is 12.9. The smallest absolute Gasteiger partial charge is 0.160 e. The zero-order valence-electron chi connectivity index (χ0n) is 30.5. The van der Waals surface area contributed by atoms with E-state index in [1.807, 2.05) is 6.07 Å². The van der Waals surface area contributed by atoms with Gasteiger partial charge in [-0.25, -0.2) is 9.97 Å². The lowest BCUT2D eigenvalue weighted by Gasteiger charge is -2.34. The molecule has 0 aliphatic heterocycles. The summed E-state index contributed by atoms with van der Waals surface area (Å²) in [6.45, 7) is 0. The number of fused-ring (bicyclic) bond motifs is 6. The predicted octanol–water partition coefficient (Wildman–Crippen LogP) is 12.9. The summed E-state index contributed by atoms with van der Waals surface area (Å²) in [5.74, 6) is 0.691. The maximum absolute atomic E-state index is 5.34. The average molecular weight is 714 g/mol. The summed E-state index contributed by atoms with van der Waals surface area (Å²) >= 11 is 0. The van der Waals surface area contributed by atoms with Crippen LogP contribution in [0.25, 0.3) is 72.5 Å². The average Bonchev–Trinajstić information content (AvgIpc) is 3.78. The third-order valence-electron chi connectivity index (χ3n) is 11.5. The molecule has 2 heterocycles. The number of hydrogen-bond acceptors (Lipinski definition) is 2. The van der Waals surface area contributed by atoms with Crippen LogP contribution >= 0.6 is 0 Å². The van der Waals surface area contributed by atoms with Crippen molar-refractivity contribution in [3.8, 4) is 50.7 Å². The second-order valence-corrected chi connectivity index (χ2v) is 14.5. The van der Waals surface area contributed by atoms with Gasteiger partial charge in [0.1, 0.15) is 0 Å². The highest BCUT2D eigenvalue weighted by Gasteiger charge is 2.46. The molecule has 3 heteroatoms. The summed E-state index contributed by atoms with van der Waals surface area (Å²) in [4.78, 5) is 10.5. The van der Waals surface area contributed by atoms with E-state index in [9.17, 15) is 0 Å². The molecular formula is C53H35N3. The fourth-order valence-electron chi connectivity index (χ4n) is 9.05. The molecule has 2 aromatic heterocycles. The van der Waals surface area contributed by atoms with Crippen molar-refractivity contribution < 1.29 is 0 Å². The summed E-state index contributed by atoms with van der Waals surface area (Å²) in [5.41, 5.74) is 15.4. The maximum atomic E-state index is 5.34. The van der Waals surface area contributed by atoms with Crippen LogP contribution in [0.2, 0.25) is 0 Å². The van der Waals surface area contributed by atoms with Crippen LogP contribution in [0.15, 0.2) is 212 Å². The van der Waals surface area contributed by atoms with Crippen LogP contribution in [0.4, 0.5) is 0 Å². The summed E-state index contributed by atoms with van der Waals surface area (Å²) in [7, 11) is 0. The highest BCUT2D eigenvalue weighted by atomic mass is 15.0. The lowest BCUT2D eigenvalue weighted by Crippen LogP contribution is -2.28. The molecule has 10 aromatic rings. The van der Waals surface area contributed by atoms with Crippen LogP contribution in [0.1, 0.15) is 22.3 Å². The van der Waals surface area contributed by atoms with Gasteiger partial charge in [-0.1, -0.05) is 164 Å². The molecule has 1 aliphatic rings. The highest BCUT2D eigenvalue weighted by molar-refractivity contribution is 6.09. The van der Waals surface area contributed by atoms with Gasteiger partial charge < -0.3 is 4.57 Å². The Morgan fingerprint density at radius 3 is 1.50 bits per heavy atom. The molecule has 0 unspecified atom stereocenters. The van der Waals surface area contributed by atoms with Gasteiger partial charge in [-0.15, -0.1) is 0 Å². The van der Waals surface area contributed by atoms with Gasteiger partial charge in [0.2, 0.25) is 0 Å². The van der Waals surface area contributed by atoms with Crippen LogP contribution < -0.4 is 0 Å². The lowest BCUT2D eigenvalue weighted by molar-refractivity contribution is 0.768. The van der Waals surface area contributed by atoms with Crippen molar-refractivity contribution in [1.29, 1.82) is 0 Å². The number of hydrogen-bond donors (Lipinski definition) is 0. The van der Waals surface area contributed by atoms with Gasteiger partial charge in [0.25, 0.3) is 0 Å². The maximum Gasteiger partial charge on any atom is 0.160 e. The second-order valence-electron chi connectivity index (χ2n) is 14.5. The van der Waals surface area contributed by atoms with Crippen molar-refractivity contribution in [2.75, 3.05) is 0 Å². The quantitative estimate of drug-likeness (QED) is 0.172. The number of benzene rings is 8. The minimum absolute atomic E-state index is 0.495. The fraction of sp³-hybridized carbons (Fsp3) is 0.0189. The van der Waals surface area contributed by atoms with E-state index >= 15 is 0 Å². The zero-order valence-corrected chi connectivity index (χ0v) is 30.5. The Hall–Kier alpha value is -7.36. The van der Waals surface area contributed by atoms with Gasteiger partial charge in [-0.05, 0) is 81.9 Å². The van der Waals surface area contributed by atoms with Gasteiger partial charge in [0.15, 0.2) is 5.82 Å². The molecule has 0 amide bonds. The topological polar surface area (TPSA) is 30.7 Å². The van der Waals surface area contributed by atoms with E-state index in [4.69, 9.17) is 9.97 Å².